The monoisotopic (exact) mass is 499 g/mol. The Morgan fingerprint density at radius 1 is 0.914 bits per heavy atom. The molecular formula is C26H33N3O5S. The molecule has 8 nitrogen and oxygen atoms in total. The van der Waals surface area contributed by atoms with E-state index in [-0.39, 0.29) is 22.1 Å². The van der Waals surface area contributed by atoms with E-state index >= 15 is 0 Å². The summed E-state index contributed by atoms with van der Waals surface area (Å²) in [5.74, 6) is -0.299. The number of morpholine rings is 1. The third-order valence-electron chi connectivity index (χ3n) is 7.01. The van der Waals surface area contributed by atoms with Crippen molar-refractivity contribution in [1.29, 1.82) is 0 Å². The Hall–Kier alpha value is -2.75. The zero-order valence-electron chi connectivity index (χ0n) is 20.1. The first-order valence-corrected chi connectivity index (χ1v) is 13.6. The summed E-state index contributed by atoms with van der Waals surface area (Å²) in [6, 6.07) is 12.2. The number of sulfonamides is 1. The lowest BCUT2D eigenvalue weighted by molar-refractivity contribution is -0.0361. The second kappa shape index (κ2) is 10.9. The molecule has 1 saturated heterocycles. The van der Waals surface area contributed by atoms with Crippen LogP contribution in [0.4, 0.5) is 5.69 Å². The average Bonchev–Trinajstić information content (AvgIpc) is 2.88. The molecule has 2 aromatic rings. The molecule has 9 heteroatoms. The topological polar surface area (TPSA) is 105 Å². The molecule has 2 aliphatic rings. The normalized spacial score (nSPS) is 18.5. The fourth-order valence-corrected chi connectivity index (χ4v) is 6.03. The first-order chi connectivity index (χ1) is 16.8. The number of nitrogens with one attached hydrogen (secondary N) is 2. The fourth-order valence-electron chi connectivity index (χ4n) is 4.97. The molecule has 2 N–H and O–H groups in total. The molecule has 0 bridgehead atoms. The van der Waals surface area contributed by atoms with Crippen molar-refractivity contribution in [2.45, 2.75) is 49.5 Å². The van der Waals surface area contributed by atoms with Crippen molar-refractivity contribution in [2.24, 2.45) is 0 Å². The number of amides is 1. The molecule has 2 fully saturated rings. The molecule has 0 aromatic heterocycles. The lowest BCUT2D eigenvalue weighted by Gasteiger charge is -2.48. The summed E-state index contributed by atoms with van der Waals surface area (Å²) in [5, 5.41) is 3.13. The van der Waals surface area contributed by atoms with Crippen molar-refractivity contribution in [2.75, 3.05) is 37.6 Å². The third-order valence-corrected chi connectivity index (χ3v) is 8.41. The molecular weight excluding hydrogens is 466 g/mol. The summed E-state index contributed by atoms with van der Waals surface area (Å²) in [6.07, 6.45) is 5.71. The highest BCUT2D eigenvalue weighted by Crippen LogP contribution is 2.34. The second-order valence-electron chi connectivity index (χ2n) is 9.33. The van der Waals surface area contributed by atoms with Gasteiger partial charge >= 0.3 is 0 Å². The predicted octanol–water partition coefficient (Wildman–Crippen LogP) is 3.45. The summed E-state index contributed by atoms with van der Waals surface area (Å²) in [5.41, 5.74) is 1.26. The number of ether oxygens (including phenoxy) is 1. The highest BCUT2D eigenvalue weighted by atomic mass is 32.2. The van der Waals surface area contributed by atoms with Crippen LogP contribution in [0.1, 0.15) is 59.7 Å². The van der Waals surface area contributed by atoms with E-state index in [0.717, 1.165) is 39.1 Å². The SMILES string of the molecule is CC(=O)c1ccc(S(=O)(=O)Nc2ccc(C(=O)NCC3(N4CCOCC4)CCCCC3)cc2)cc1. The number of hydrogen-bond acceptors (Lipinski definition) is 6. The van der Waals surface area contributed by atoms with Gasteiger partial charge in [0.2, 0.25) is 0 Å². The van der Waals surface area contributed by atoms with E-state index in [1.807, 2.05) is 0 Å². The smallest absolute Gasteiger partial charge is 0.261 e. The van der Waals surface area contributed by atoms with Crippen LogP contribution in [0, 0.1) is 0 Å². The molecule has 0 unspecified atom stereocenters. The molecule has 0 spiro atoms. The van der Waals surface area contributed by atoms with Crippen molar-refractivity contribution >= 4 is 27.4 Å². The van der Waals surface area contributed by atoms with Gasteiger partial charge in [0.25, 0.3) is 15.9 Å². The van der Waals surface area contributed by atoms with Gasteiger partial charge in [-0.1, -0.05) is 31.4 Å². The van der Waals surface area contributed by atoms with Gasteiger partial charge in [-0.05, 0) is 56.2 Å². The summed E-state index contributed by atoms with van der Waals surface area (Å²) >= 11 is 0. The van der Waals surface area contributed by atoms with Crippen LogP contribution in [0.2, 0.25) is 0 Å². The molecule has 1 aliphatic heterocycles. The maximum Gasteiger partial charge on any atom is 0.261 e. The largest absolute Gasteiger partial charge is 0.379 e. The first-order valence-electron chi connectivity index (χ1n) is 12.1. The minimum atomic E-state index is -3.81. The van der Waals surface area contributed by atoms with Crippen LogP contribution in [-0.4, -0.2) is 63.4 Å². The van der Waals surface area contributed by atoms with Gasteiger partial charge in [-0.15, -0.1) is 0 Å². The van der Waals surface area contributed by atoms with Crippen molar-refractivity contribution in [3.8, 4) is 0 Å². The fraction of sp³-hybridized carbons (Fsp3) is 0.462. The first kappa shape index (κ1) is 25.3. The van der Waals surface area contributed by atoms with Gasteiger partial charge in [0, 0.05) is 42.0 Å². The number of carbonyl (C=O) groups is 2. The minimum absolute atomic E-state index is 0.0226. The Kier molecular flexibility index (Phi) is 7.88. The zero-order valence-corrected chi connectivity index (χ0v) is 20.9. The molecule has 1 saturated carbocycles. The number of benzene rings is 2. The van der Waals surface area contributed by atoms with E-state index in [4.69, 9.17) is 4.74 Å². The number of anilines is 1. The molecule has 1 amide bonds. The van der Waals surface area contributed by atoms with Crippen molar-refractivity contribution in [3.05, 3.63) is 59.7 Å². The number of Topliss-reactive ketones (excluding diaryl/α,β-unsaturated/α-hetero) is 1. The van der Waals surface area contributed by atoms with Gasteiger partial charge in [-0.3, -0.25) is 19.2 Å². The Morgan fingerprint density at radius 2 is 1.51 bits per heavy atom. The number of hydrogen-bond donors (Lipinski definition) is 2. The standard InChI is InChI=1S/C26H33N3O5S/c1-20(30)21-7-11-24(12-8-21)35(32,33)28-23-9-5-22(6-10-23)25(31)27-19-26(13-3-2-4-14-26)29-15-17-34-18-16-29/h5-12,28H,2-4,13-19H2,1H3,(H,27,31). The Morgan fingerprint density at radius 3 is 2.11 bits per heavy atom. The summed E-state index contributed by atoms with van der Waals surface area (Å²) < 4.78 is 33.4. The Bertz CT molecular complexity index is 1130. The predicted molar refractivity (Wildman–Crippen MR) is 134 cm³/mol. The number of nitrogens with zero attached hydrogens (tertiary/aromatic N) is 1. The molecule has 1 aliphatic carbocycles. The summed E-state index contributed by atoms with van der Waals surface area (Å²) in [6.45, 7) is 5.26. The van der Waals surface area contributed by atoms with Gasteiger partial charge in [-0.25, -0.2) is 8.42 Å². The van der Waals surface area contributed by atoms with Crippen LogP contribution in [0.15, 0.2) is 53.4 Å². The summed E-state index contributed by atoms with van der Waals surface area (Å²) in [7, 11) is -3.81. The van der Waals surface area contributed by atoms with Crippen molar-refractivity contribution < 1.29 is 22.7 Å². The zero-order chi connectivity index (χ0) is 24.9. The van der Waals surface area contributed by atoms with Gasteiger partial charge in [0.1, 0.15) is 0 Å². The van der Waals surface area contributed by atoms with Gasteiger partial charge in [0.15, 0.2) is 5.78 Å². The van der Waals surface area contributed by atoms with E-state index in [1.54, 1.807) is 24.3 Å². The number of rotatable bonds is 8. The molecule has 35 heavy (non-hydrogen) atoms. The minimum Gasteiger partial charge on any atom is -0.379 e. The lowest BCUT2D eigenvalue weighted by Crippen LogP contribution is -2.59. The number of carbonyl (C=O) groups excluding carboxylic acids is 2. The Balaban J connectivity index is 1.38. The average molecular weight is 500 g/mol. The highest BCUT2D eigenvalue weighted by molar-refractivity contribution is 7.92. The molecule has 0 radical (unpaired) electrons. The van der Waals surface area contributed by atoms with Gasteiger partial charge in [0.05, 0.1) is 18.1 Å². The van der Waals surface area contributed by atoms with Crippen LogP contribution in [0.5, 0.6) is 0 Å². The van der Waals surface area contributed by atoms with Gasteiger partial charge in [-0.2, -0.15) is 0 Å². The van der Waals surface area contributed by atoms with Crippen LogP contribution in [-0.2, 0) is 14.8 Å². The maximum absolute atomic E-state index is 12.9. The van der Waals surface area contributed by atoms with E-state index in [9.17, 15) is 18.0 Å². The summed E-state index contributed by atoms with van der Waals surface area (Å²) in [4.78, 5) is 26.9. The molecule has 1 heterocycles. The molecule has 2 aromatic carbocycles. The van der Waals surface area contributed by atoms with Crippen LogP contribution in [0.25, 0.3) is 0 Å². The quantitative estimate of drug-likeness (QED) is 0.539. The van der Waals surface area contributed by atoms with Crippen LogP contribution < -0.4 is 10.0 Å². The molecule has 188 valence electrons. The van der Waals surface area contributed by atoms with Crippen molar-refractivity contribution in [3.63, 3.8) is 0 Å². The second-order valence-corrected chi connectivity index (χ2v) is 11.0. The number of ketones is 1. The third kappa shape index (κ3) is 6.09. The highest BCUT2D eigenvalue weighted by Gasteiger charge is 2.38. The lowest BCUT2D eigenvalue weighted by atomic mass is 9.79. The van der Waals surface area contributed by atoms with E-state index in [1.165, 1.54) is 50.5 Å². The van der Waals surface area contributed by atoms with Gasteiger partial charge < -0.3 is 10.1 Å². The van der Waals surface area contributed by atoms with E-state index in [0.29, 0.717) is 23.4 Å². The van der Waals surface area contributed by atoms with E-state index < -0.39 is 10.0 Å². The Labute approximate surface area is 207 Å². The molecule has 4 rings (SSSR count). The van der Waals surface area contributed by atoms with E-state index in [2.05, 4.69) is 14.9 Å². The molecule has 0 atom stereocenters. The maximum atomic E-state index is 12.9. The van der Waals surface area contributed by atoms with Crippen molar-refractivity contribution in [1.82, 2.24) is 10.2 Å². The van der Waals surface area contributed by atoms with Crippen LogP contribution >= 0.6 is 0 Å². The van der Waals surface area contributed by atoms with Crippen LogP contribution in [0.3, 0.4) is 0 Å².